The number of hydrogen-bond acceptors (Lipinski definition) is 4. The van der Waals surface area contributed by atoms with Crippen molar-refractivity contribution in [2.24, 2.45) is 11.5 Å². The first-order valence-electron chi connectivity index (χ1n) is 9.64. The summed E-state index contributed by atoms with van der Waals surface area (Å²) in [7, 11) is 0. The van der Waals surface area contributed by atoms with Crippen LogP contribution in [0.3, 0.4) is 0 Å². The largest absolute Gasteiger partial charge is 0.356 e. The third kappa shape index (κ3) is 17.2. The molecule has 0 rings (SSSR count). The summed E-state index contributed by atoms with van der Waals surface area (Å²) >= 11 is 0. The van der Waals surface area contributed by atoms with Gasteiger partial charge >= 0.3 is 0 Å². The minimum atomic E-state index is 0.124. The van der Waals surface area contributed by atoms with Crippen LogP contribution in [-0.2, 0) is 9.59 Å². The summed E-state index contributed by atoms with van der Waals surface area (Å²) in [6.07, 6.45) is 11.2. The van der Waals surface area contributed by atoms with Gasteiger partial charge in [-0.15, -0.1) is 0 Å². The molecule has 6 heteroatoms. The molecule has 0 aromatic carbocycles. The highest BCUT2D eigenvalue weighted by Crippen LogP contribution is 2.01. The molecule has 0 atom stereocenters. The van der Waals surface area contributed by atoms with E-state index >= 15 is 0 Å². The predicted molar refractivity (Wildman–Crippen MR) is 99.5 cm³/mol. The minimum absolute atomic E-state index is 0.124. The molecule has 6 nitrogen and oxygen atoms in total. The van der Waals surface area contributed by atoms with Crippen molar-refractivity contribution in [3.05, 3.63) is 0 Å². The van der Waals surface area contributed by atoms with Crippen molar-refractivity contribution >= 4 is 11.8 Å². The molecule has 0 bridgehead atoms. The van der Waals surface area contributed by atoms with Gasteiger partial charge in [-0.25, -0.2) is 0 Å². The van der Waals surface area contributed by atoms with Crippen LogP contribution in [0.5, 0.6) is 0 Å². The topological polar surface area (TPSA) is 110 Å². The molecule has 0 aliphatic heterocycles. The Balaban J connectivity index is 3.28. The van der Waals surface area contributed by atoms with E-state index < -0.39 is 0 Å². The summed E-state index contributed by atoms with van der Waals surface area (Å²) < 4.78 is 0. The van der Waals surface area contributed by atoms with E-state index in [9.17, 15) is 9.59 Å². The zero-order valence-electron chi connectivity index (χ0n) is 15.3. The minimum Gasteiger partial charge on any atom is -0.356 e. The Morgan fingerprint density at radius 3 is 1.38 bits per heavy atom. The third-order valence-electron chi connectivity index (χ3n) is 3.96. The smallest absolute Gasteiger partial charge is 0.219 e. The quantitative estimate of drug-likeness (QED) is 0.302. The molecular weight excluding hydrogens is 304 g/mol. The molecule has 142 valence electrons. The molecule has 0 unspecified atom stereocenters. The van der Waals surface area contributed by atoms with Crippen molar-refractivity contribution in [1.29, 1.82) is 0 Å². The second-order valence-corrected chi connectivity index (χ2v) is 6.31. The Kier molecular flexibility index (Phi) is 17.3. The van der Waals surface area contributed by atoms with E-state index in [1.807, 2.05) is 0 Å². The molecule has 0 radical (unpaired) electrons. The van der Waals surface area contributed by atoms with Crippen LogP contribution in [0, 0.1) is 0 Å². The lowest BCUT2D eigenvalue weighted by molar-refractivity contribution is -0.122. The van der Waals surface area contributed by atoms with Gasteiger partial charge in [0.05, 0.1) is 0 Å². The van der Waals surface area contributed by atoms with Crippen LogP contribution >= 0.6 is 0 Å². The molecule has 0 fully saturated rings. The number of carbonyl (C=O) groups excluding carboxylic acids is 2. The van der Waals surface area contributed by atoms with Crippen molar-refractivity contribution in [1.82, 2.24) is 10.6 Å². The lowest BCUT2D eigenvalue weighted by atomic mass is 10.1. The van der Waals surface area contributed by atoms with Crippen molar-refractivity contribution < 1.29 is 9.59 Å². The van der Waals surface area contributed by atoms with Crippen LogP contribution in [0.4, 0.5) is 0 Å². The van der Waals surface area contributed by atoms with Crippen LogP contribution in [-0.4, -0.2) is 38.0 Å². The summed E-state index contributed by atoms with van der Waals surface area (Å²) in [6.45, 7) is 2.92. The normalized spacial score (nSPS) is 10.6. The van der Waals surface area contributed by atoms with Crippen LogP contribution in [0.1, 0.15) is 77.0 Å². The Morgan fingerprint density at radius 1 is 0.542 bits per heavy atom. The van der Waals surface area contributed by atoms with E-state index in [0.717, 1.165) is 77.3 Å². The summed E-state index contributed by atoms with van der Waals surface area (Å²) in [5.74, 6) is 0.261. The lowest BCUT2D eigenvalue weighted by Gasteiger charge is -2.06. The molecule has 0 aromatic rings. The number of unbranched alkanes of at least 4 members (excludes halogenated alkanes) is 7. The first-order valence-corrected chi connectivity index (χ1v) is 9.64. The average molecular weight is 343 g/mol. The molecule has 24 heavy (non-hydrogen) atoms. The van der Waals surface area contributed by atoms with E-state index in [0.29, 0.717) is 25.9 Å². The molecule has 0 aliphatic rings. The van der Waals surface area contributed by atoms with E-state index in [1.165, 1.54) is 0 Å². The fourth-order valence-electron chi connectivity index (χ4n) is 2.45. The third-order valence-corrected chi connectivity index (χ3v) is 3.96. The molecule has 0 heterocycles. The number of hydrogen-bond donors (Lipinski definition) is 4. The summed E-state index contributed by atoms with van der Waals surface area (Å²) in [5, 5.41) is 5.88. The zero-order valence-corrected chi connectivity index (χ0v) is 15.3. The standard InChI is InChI=1S/C18H38N4O2/c19-13-7-1-2-9-15-21-18(24)12-6-4-10-16-22-17(23)11-5-3-8-14-20/h1-16,19-20H2,(H,21,24)(H,22,23). The summed E-state index contributed by atoms with van der Waals surface area (Å²) in [6, 6.07) is 0. The molecule has 2 amide bonds. The van der Waals surface area contributed by atoms with Crippen molar-refractivity contribution in [2.45, 2.75) is 77.0 Å². The number of nitrogens with two attached hydrogens (primary N) is 2. The Bertz CT molecular complexity index is 311. The van der Waals surface area contributed by atoms with Gasteiger partial charge in [0.15, 0.2) is 0 Å². The number of nitrogens with one attached hydrogen (secondary N) is 2. The number of amides is 2. The fraction of sp³-hybridized carbons (Fsp3) is 0.889. The molecule has 0 saturated heterocycles. The summed E-state index contributed by atoms with van der Waals surface area (Å²) in [5.41, 5.74) is 10.8. The van der Waals surface area contributed by atoms with Crippen LogP contribution in [0.15, 0.2) is 0 Å². The van der Waals surface area contributed by atoms with Crippen LogP contribution < -0.4 is 22.1 Å². The second-order valence-electron chi connectivity index (χ2n) is 6.31. The Morgan fingerprint density at radius 2 is 0.917 bits per heavy atom. The molecule has 0 aliphatic carbocycles. The van der Waals surface area contributed by atoms with Gasteiger partial charge in [0.1, 0.15) is 0 Å². The molecule has 0 spiro atoms. The lowest BCUT2D eigenvalue weighted by Crippen LogP contribution is -2.25. The highest BCUT2D eigenvalue weighted by molar-refractivity contribution is 5.76. The highest BCUT2D eigenvalue weighted by atomic mass is 16.2. The fourth-order valence-corrected chi connectivity index (χ4v) is 2.45. The van der Waals surface area contributed by atoms with Crippen molar-refractivity contribution in [3.8, 4) is 0 Å². The average Bonchev–Trinajstić information content (AvgIpc) is 2.58. The van der Waals surface area contributed by atoms with Crippen LogP contribution in [0.2, 0.25) is 0 Å². The van der Waals surface area contributed by atoms with Gasteiger partial charge < -0.3 is 22.1 Å². The van der Waals surface area contributed by atoms with Gasteiger partial charge in [-0.1, -0.05) is 25.7 Å². The Hall–Kier alpha value is -1.14. The van der Waals surface area contributed by atoms with E-state index in [2.05, 4.69) is 10.6 Å². The number of carbonyl (C=O) groups is 2. The molecule has 6 N–H and O–H groups in total. The predicted octanol–water partition coefficient (Wildman–Crippen LogP) is 1.82. The Labute approximate surface area is 147 Å². The maximum absolute atomic E-state index is 11.6. The SMILES string of the molecule is NCCCCCCNC(=O)CCCCCNC(=O)CCCCCN. The van der Waals surface area contributed by atoms with Crippen molar-refractivity contribution in [2.75, 3.05) is 26.2 Å². The van der Waals surface area contributed by atoms with Gasteiger partial charge in [0, 0.05) is 25.9 Å². The molecule has 0 saturated carbocycles. The van der Waals surface area contributed by atoms with Gasteiger partial charge in [0.2, 0.25) is 11.8 Å². The van der Waals surface area contributed by atoms with Gasteiger partial charge in [-0.05, 0) is 51.6 Å². The molecular formula is C18H38N4O2. The first kappa shape index (κ1) is 22.9. The second kappa shape index (κ2) is 18.2. The van der Waals surface area contributed by atoms with Gasteiger partial charge in [-0.2, -0.15) is 0 Å². The first-order chi connectivity index (χ1) is 11.7. The molecule has 0 aromatic heterocycles. The van der Waals surface area contributed by atoms with Gasteiger partial charge in [-0.3, -0.25) is 9.59 Å². The van der Waals surface area contributed by atoms with Crippen LogP contribution in [0.25, 0.3) is 0 Å². The maximum atomic E-state index is 11.6. The van der Waals surface area contributed by atoms with Gasteiger partial charge in [0.25, 0.3) is 0 Å². The zero-order chi connectivity index (χ0) is 17.9. The van der Waals surface area contributed by atoms with E-state index in [4.69, 9.17) is 11.5 Å². The monoisotopic (exact) mass is 342 g/mol. The van der Waals surface area contributed by atoms with Crippen molar-refractivity contribution in [3.63, 3.8) is 0 Å². The maximum Gasteiger partial charge on any atom is 0.219 e. The summed E-state index contributed by atoms with van der Waals surface area (Å²) in [4.78, 5) is 23.2. The number of rotatable bonds is 17. The van der Waals surface area contributed by atoms with E-state index in [-0.39, 0.29) is 11.8 Å². The highest BCUT2D eigenvalue weighted by Gasteiger charge is 2.02. The van der Waals surface area contributed by atoms with E-state index in [1.54, 1.807) is 0 Å².